The molecular formula is C15H25N3O. The van der Waals surface area contributed by atoms with Crippen LogP contribution in [-0.4, -0.2) is 29.9 Å². The van der Waals surface area contributed by atoms with E-state index in [0.29, 0.717) is 19.1 Å². The van der Waals surface area contributed by atoms with Crippen molar-refractivity contribution in [1.29, 1.82) is 0 Å². The molecular weight excluding hydrogens is 238 g/mol. The van der Waals surface area contributed by atoms with Gasteiger partial charge in [0.15, 0.2) is 0 Å². The van der Waals surface area contributed by atoms with Crippen molar-refractivity contribution < 1.29 is 4.79 Å². The number of nitrogens with zero attached hydrogens (tertiary/aromatic N) is 1. The Morgan fingerprint density at radius 3 is 2.42 bits per heavy atom. The van der Waals surface area contributed by atoms with Gasteiger partial charge in [-0.15, -0.1) is 0 Å². The summed E-state index contributed by atoms with van der Waals surface area (Å²) in [6.07, 6.45) is 1.05. The molecule has 0 spiro atoms. The molecule has 1 aromatic carbocycles. The van der Waals surface area contributed by atoms with Crippen LogP contribution in [0.4, 0.5) is 5.69 Å². The Kier molecular flexibility index (Phi) is 6.53. The number of carbonyl (C=O) groups is 1. The molecule has 0 aliphatic carbocycles. The van der Waals surface area contributed by atoms with Crippen molar-refractivity contribution in [3.05, 3.63) is 29.8 Å². The van der Waals surface area contributed by atoms with E-state index in [2.05, 4.69) is 31.0 Å². The lowest BCUT2D eigenvalue weighted by atomic mass is 10.2. The summed E-state index contributed by atoms with van der Waals surface area (Å²) in [5, 5.41) is 2.92. The highest BCUT2D eigenvalue weighted by molar-refractivity contribution is 5.92. The van der Waals surface area contributed by atoms with Gasteiger partial charge in [-0.3, -0.25) is 9.69 Å². The van der Waals surface area contributed by atoms with Gasteiger partial charge in [-0.2, -0.15) is 0 Å². The third-order valence-electron chi connectivity index (χ3n) is 3.44. The van der Waals surface area contributed by atoms with Crippen molar-refractivity contribution in [3.63, 3.8) is 0 Å². The Bertz CT molecular complexity index is 389. The van der Waals surface area contributed by atoms with Gasteiger partial charge in [-0.25, -0.2) is 0 Å². The summed E-state index contributed by atoms with van der Waals surface area (Å²) in [4.78, 5) is 14.1. The fraction of sp³-hybridized carbons (Fsp3) is 0.533. The molecule has 1 rings (SSSR count). The minimum atomic E-state index is 0.0302. The molecule has 0 saturated heterocycles. The first kappa shape index (κ1) is 15.7. The number of amides is 1. The zero-order chi connectivity index (χ0) is 14.3. The molecule has 4 heteroatoms. The molecule has 0 aliphatic rings. The molecule has 0 bridgehead atoms. The van der Waals surface area contributed by atoms with E-state index in [1.54, 1.807) is 0 Å². The predicted octanol–water partition coefficient (Wildman–Crippen LogP) is 2.20. The van der Waals surface area contributed by atoms with Crippen molar-refractivity contribution in [1.82, 2.24) is 4.90 Å². The van der Waals surface area contributed by atoms with Crippen LogP contribution in [-0.2, 0) is 11.3 Å². The molecule has 0 radical (unpaired) electrons. The molecule has 0 heterocycles. The van der Waals surface area contributed by atoms with Crippen LogP contribution in [0.15, 0.2) is 24.3 Å². The van der Waals surface area contributed by atoms with Crippen LogP contribution in [0.25, 0.3) is 0 Å². The van der Waals surface area contributed by atoms with E-state index >= 15 is 0 Å². The number of hydrogen-bond acceptors (Lipinski definition) is 3. The molecule has 3 N–H and O–H groups in total. The largest absolute Gasteiger partial charge is 0.326 e. The van der Waals surface area contributed by atoms with Gasteiger partial charge in [0.25, 0.3) is 0 Å². The maximum atomic E-state index is 12.0. The van der Waals surface area contributed by atoms with E-state index < -0.39 is 0 Å². The summed E-state index contributed by atoms with van der Waals surface area (Å²) in [5.74, 6) is 0.0302. The average molecular weight is 263 g/mol. The van der Waals surface area contributed by atoms with Crippen molar-refractivity contribution >= 4 is 11.6 Å². The molecule has 0 fully saturated rings. The molecule has 1 amide bonds. The fourth-order valence-corrected chi connectivity index (χ4v) is 1.95. The first-order valence-corrected chi connectivity index (χ1v) is 6.93. The highest BCUT2D eigenvalue weighted by atomic mass is 16.2. The van der Waals surface area contributed by atoms with Crippen molar-refractivity contribution in [3.8, 4) is 0 Å². The minimum Gasteiger partial charge on any atom is -0.326 e. The Morgan fingerprint density at radius 2 is 1.95 bits per heavy atom. The van der Waals surface area contributed by atoms with Crippen LogP contribution in [0.3, 0.4) is 0 Å². The van der Waals surface area contributed by atoms with Gasteiger partial charge in [0, 0.05) is 18.3 Å². The predicted molar refractivity (Wildman–Crippen MR) is 80.0 cm³/mol. The van der Waals surface area contributed by atoms with Crippen LogP contribution in [0.1, 0.15) is 32.8 Å². The monoisotopic (exact) mass is 263 g/mol. The second-order valence-corrected chi connectivity index (χ2v) is 4.77. The summed E-state index contributed by atoms with van der Waals surface area (Å²) in [7, 11) is 0. The molecule has 1 atom stereocenters. The number of nitrogens with one attached hydrogen (secondary N) is 1. The summed E-state index contributed by atoms with van der Waals surface area (Å²) >= 11 is 0. The number of nitrogens with two attached hydrogens (primary N) is 1. The van der Waals surface area contributed by atoms with E-state index in [1.807, 2.05) is 24.3 Å². The number of anilines is 1. The van der Waals surface area contributed by atoms with E-state index in [9.17, 15) is 4.79 Å². The molecule has 4 nitrogen and oxygen atoms in total. The highest BCUT2D eigenvalue weighted by Crippen LogP contribution is 2.10. The Labute approximate surface area is 116 Å². The Morgan fingerprint density at radius 1 is 1.32 bits per heavy atom. The smallest absolute Gasteiger partial charge is 0.238 e. The highest BCUT2D eigenvalue weighted by Gasteiger charge is 2.14. The summed E-state index contributed by atoms with van der Waals surface area (Å²) < 4.78 is 0. The molecule has 19 heavy (non-hydrogen) atoms. The summed E-state index contributed by atoms with van der Waals surface area (Å²) in [6.45, 7) is 8.20. The zero-order valence-electron chi connectivity index (χ0n) is 12.1. The minimum absolute atomic E-state index is 0.0302. The average Bonchev–Trinajstić information content (AvgIpc) is 2.44. The van der Waals surface area contributed by atoms with Gasteiger partial charge in [0.2, 0.25) is 5.91 Å². The fourth-order valence-electron chi connectivity index (χ4n) is 1.95. The second kappa shape index (κ2) is 7.92. The lowest BCUT2D eigenvalue weighted by Crippen LogP contribution is -2.38. The first-order valence-electron chi connectivity index (χ1n) is 6.93. The van der Waals surface area contributed by atoms with E-state index in [0.717, 1.165) is 24.2 Å². The first-order chi connectivity index (χ1) is 9.10. The van der Waals surface area contributed by atoms with Gasteiger partial charge < -0.3 is 11.1 Å². The molecule has 1 unspecified atom stereocenters. The maximum absolute atomic E-state index is 12.0. The van der Waals surface area contributed by atoms with Crippen LogP contribution in [0, 0.1) is 0 Å². The number of benzene rings is 1. The van der Waals surface area contributed by atoms with Crippen LogP contribution >= 0.6 is 0 Å². The Balaban J connectivity index is 2.53. The zero-order valence-corrected chi connectivity index (χ0v) is 12.1. The topological polar surface area (TPSA) is 58.4 Å². The van der Waals surface area contributed by atoms with Gasteiger partial charge in [0.1, 0.15) is 0 Å². The number of likely N-dealkylation sites (N-methyl/N-ethyl adjacent to an activating group) is 1. The second-order valence-electron chi connectivity index (χ2n) is 4.77. The van der Waals surface area contributed by atoms with E-state index in [4.69, 9.17) is 5.73 Å². The number of rotatable bonds is 7. The lowest BCUT2D eigenvalue weighted by molar-refractivity contribution is -0.117. The molecule has 106 valence electrons. The Hall–Kier alpha value is -1.39. The van der Waals surface area contributed by atoms with Crippen LogP contribution < -0.4 is 11.1 Å². The quantitative estimate of drug-likeness (QED) is 0.793. The van der Waals surface area contributed by atoms with E-state index in [-0.39, 0.29) is 5.91 Å². The summed E-state index contributed by atoms with van der Waals surface area (Å²) in [5.41, 5.74) is 7.42. The molecule has 0 saturated carbocycles. The number of hydrogen-bond donors (Lipinski definition) is 2. The number of carbonyl (C=O) groups excluding carboxylic acids is 1. The molecule has 0 aromatic heterocycles. The van der Waals surface area contributed by atoms with Gasteiger partial charge >= 0.3 is 0 Å². The van der Waals surface area contributed by atoms with Crippen molar-refractivity contribution in [2.75, 3.05) is 18.4 Å². The summed E-state index contributed by atoms with van der Waals surface area (Å²) in [6, 6.07) is 8.07. The maximum Gasteiger partial charge on any atom is 0.238 e. The SMILES string of the molecule is CCC(C)N(CC)CC(=O)Nc1ccc(CN)cc1. The standard InChI is InChI=1S/C15H25N3O/c1-4-12(3)18(5-2)11-15(19)17-14-8-6-13(10-16)7-9-14/h6-9,12H,4-5,10-11,16H2,1-3H3,(H,17,19). The van der Waals surface area contributed by atoms with Crippen LogP contribution in [0.5, 0.6) is 0 Å². The van der Waals surface area contributed by atoms with Crippen molar-refractivity contribution in [2.45, 2.75) is 39.8 Å². The third kappa shape index (κ3) is 5.01. The van der Waals surface area contributed by atoms with Gasteiger partial charge in [-0.05, 0) is 37.6 Å². The normalized spacial score (nSPS) is 12.5. The molecule has 1 aromatic rings. The van der Waals surface area contributed by atoms with Gasteiger partial charge in [0.05, 0.1) is 6.54 Å². The lowest BCUT2D eigenvalue weighted by Gasteiger charge is -2.26. The van der Waals surface area contributed by atoms with E-state index in [1.165, 1.54) is 0 Å². The third-order valence-corrected chi connectivity index (χ3v) is 3.44. The molecule has 0 aliphatic heterocycles. The van der Waals surface area contributed by atoms with Crippen LogP contribution in [0.2, 0.25) is 0 Å². The van der Waals surface area contributed by atoms with Crippen molar-refractivity contribution in [2.24, 2.45) is 5.73 Å². The van der Waals surface area contributed by atoms with Gasteiger partial charge in [-0.1, -0.05) is 26.0 Å².